The van der Waals surface area contributed by atoms with Crippen molar-refractivity contribution in [3.63, 3.8) is 0 Å². The second-order valence-corrected chi connectivity index (χ2v) is 6.46. The Kier molecular flexibility index (Phi) is 3.44. The van der Waals surface area contributed by atoms with Crippen molar-refractivity contribution in [1.29, 1.82) is 0 Å². The number of hydrogen-bond acceptors (Lipinski definition) is 4. The zero-order chi connectivity index (χ0) is 9.90. The second kappa shape index (κ2) is 4.19. The maximum atomic E-state index is 11.5. The molecule has 0 aliphatic rings. The number of nitrogens with zero attached hydrogens (tertiary/aromatic N) is 1. The van der Waals surface area contributed by atoms with Crippen LogP contribution in [-0.4, -0.2) is 19.2 Å². The first-order chi connectivity index (χ1) is 5.99. The molecule has 0 aliphatic carbocycles. The first kappa shape index (κ1) is 10.7. The molecule has 1 rings (SSSR count). The van der Waals surface area contributed by atoms with Gasteiger partial charge in [-0.25, -0.2) is 13.4 Å². The zero-order valence-corrected chi connectivity index (χ0v) is 9.36. The summed E-state index contributed by atoms with van der Waals surface area (Å²) in [6.07, 6.45) is 1.63. The van der Waals surface area contributed by atoms with Gasteiger partial charge in [0.1, 0.15) is 10.8 Å². The van der Waals surface area contributed by atoms with Crippen LogP contribution in [0.5, 0.6) is 0 Å². The largest absolute Gasteiger partial charge is 0.249 e. The van der Waals surface area contributed by atoms with Crippen molar-refractivity contribution in [3.8, 4) is 0 Å². The third kappa shape index (κ3) is 3.87. The van der Waals surface area contributed by atoms with E-state index in [9.17, 15) is 8.42 Å². The van der Waals surface area contributed by atoms with Crippen LogP contribution in [0.25, 0.3) is 0 Å². The number of thiazole rings is 1. The molecule has 0 radical (unpaired) electrons. The average molecular weight is 219 g/mol. The molecule has 0 unspecified atom stereocenters. The van der Waals surface area contributed by atoms with Gasteiger partial charge in [-0.05, 0) is 5.92 Å². The van der Waals surface area contributed by atoms with Gasteiger partial charge in [-0.2, -0.15) is 0 Å². The van der Waals surface area contributed by atoms with Crippen LogP contribution >= 0.6 is 11.3 Å². The Hall–Kier alpha value is -0.420. The Labute approximate surface area is 82.7 Å². The Morgan fingerprint density at radius 3 is 2.69 bits per heavy atom. The fourth-order valence-corrected chi connectivity index (χ4v) is 3.87. The summed E-state index contributed by atoms with van der Waals surface area (Å²) >= 11 is 1.39. The quantitative estimate of drug-likeness (QED) is 0.774. The normalized spacial score (nSPS) is 12.2. The summed E-state index contributed by atoms with van der Waals surface area (Å²) in [5.41, 5.74) is 0. The van der Waals surface area contributed by atoms with Gasteiger partial charge in [0.2, 0.25) is 0 Å². The average Bonchev–Trinajstić information content (AvgIpc) is 2.34. The van der Waals surface area contributed by atoms with Gasteiger partial charge in [0.25, 0.3) is 0 Å². The summed E-state index contributed by atoms with van der Waals surface area (Å²) in [4.78, 5) is 3.95. The maximum Gasteiger partial charge on any atom is 0.157 e. The molecule has 74 valence electrons. The van der Waals surface area contributed by atoms with Gasteiger partial charge < -0.3 is 0 Å². The summed E-state index contributed by atoms with van der Waals surface area (Å²) in [6.45, 7) is 3.80. The first-order valence-corrected chi connectivity index (χ1v) is 6.78. The molecule has 13 heavy (non-hydrogen) atoms. The van der Waals surface area contributed by atoms with E-state index in [2.05, 4.69) is 4.98 Å². The maximum absolute atomic E-state index is 11.5. The molecule has 0 bridgehead atoms. The molecule has 0 N–H and O–H groups in total. The predicted molar refractivity (Wildman–Crippen MR) is 54.4 cm³/mol. The van der Waals surface area contributed by atoms with E-state index < -0.39 is 9.84 Å². The van der Waals surface area contributed by atoms with Gasteiger partial charge >= 0.3 is 0 Å². The molecule has 0 spiro atoms. The summed E-state index contributed by atoms with van der Waals surface area (Å²) < 4.78 is 23.0. The lowest BCUT2D eigenvalue weighted by Crippen LogP contribution is -2.13. The number of hydrogen-bond donors (Lipinski definition) is 0. The lowest BCUT2D eigenvalue weighted by Gasteiger charge is -2.04. The lowest BCUT2D eigenvalue weighted by atomic mass is 10.3. The Morgan fingerprint density at radius 2 is 2.23 bits per heavy atom. The molecule has 0 aliphatic heterocycles. The van der Waals surface area contributed by atoms with E-state index in [4.69, 9.17) is 0 Å². The highest BCUT2D eigenvalue weighted by Crippen LogP contribution is 2.11. The Bertz CT molecular complexity index is 340. The van der Waals surface area contributed by atoms with Crippen LogP contribution in [0.2, 0.25) is 0 Å². The van der Waals surface area contributed by atoms with Gasteiger partial charge in [0, 0.05) is 11.6 Å². The molecule has 0 amide bonds. The van der Waals surface area contributed by atoms with E-state index in [-0.39, 0.29) is 17.4 Å². The summed E-state index contributed by atoms with van der Waals surface area (Å²) in [5.74, 6) is 0.514. The van der Waals surface area contributed by atoms with Crippen LogP contribution in [0.1, 0.15) is 18.9 Å². The van der Waals surface area contributed by atoms with Crippen molar-refractivity contribution >= 4 is 21.2 Å². The van der Waals surface area contributed by atoms with Crippen molar-refractivity contribution in [1.82, 2.24) is 4.98 Å². The van der Waals surface area contributed by atoms with Gasteiger partial charge in [-0.15, -0.1) is 11.3 Å². The van der Waals surface area contributed by atoms with Gasteiger partial charge in [0.15, 0.2) is 9.84 Å². The van der Waals surface area contributed by atoms with E-state index in [1.165, 1.54) is 11.3 Å². The van der Waals surface area contributed by atoms with Crippen molar-refractivity contribution < 1.29 is 8.42 Å². The highest BCUT2D eigenvalue weighted by Gasteiger charge is 2.15. The molecule has 3 nitrogen and oxygen atoms in total. The van der Waals surface area contributed by atoms with E-state index in [1.54, 1.807) is 11.6 Å². The highest BCUT2D eigenvalue weighted by molar-refractivity contribution is 7.90. The number of sulfone groups is 1. The molecular weight excluding hydrogens is 206 g/mol. The molecule has 0 saturated carbocycles. The number of rotatable bonds is 4. The van der Waals surface area contributed by atoms with Gasteiger partial charge in [-0.3, -0.25) is 0 Å². The second-order valence-electron chi connectivity index (χ2n) is 3.37. The fourth-order valence-electron chi connectivity index (χ4n) is 1.08. The lowest BCUT2D eigenvalue weighted by molar-refractivity contribution is 0.581. The molecule has 0 saturated heterocycles. The predicted octanol–water partition coefficient (Wildman–Crippen LogP) is 1.71. The fraction of sp³-hybridized carbons (Fsp3) is 0.625. The van der Waals surface area contributed by atoms with Gasteiger partial charge in [-0.1, -0.05) is 13.8 Å². The van der Waals surface area contributed by atoms with E-state index in [1.807, 2.05) is 13.8 Å². The topological polar surface area (TPSA) is 47.0 Å². The highest BCUT2D eigenvalue weighted by atomic mass is 32.2. The van der Waals surface area contributed by atoms with Crippen LogP contribution in [0.3, 0.4) is 0 Å². The van der Waals surface area contributed by atoms with Crippen molar-refractivity contribution in [3.05, 3.63) is 16.6 Å². The third-order valence-electron chi connectivity index (χ3n) is 1.41. The minimum atomic E-state index is -2.96. The minimum Gasteiger partial charge on any atom is -0.249 e. The smallest absolute Gasteiger partial charge is 0.157 e. The SMILES string of the molecule is CC(C)CS(=O)(=O)Cc1nccs1. The van der Waals surface area contributed by atoms with E-state index >= 15 is 0 Å². The van der Waals surface area contributed by atoms with Crippen LogP contribution < -0.4 is 0 Å². The molecule has 0 fully saturated rings. The van der Waals surface area contributed by atoms with Crippen LogP contribution in [0.4, 0.5) is 0 Å². The molecule has 1 aromatic rings. The van der Waals surface area contributed by atoms with Gasteiger partial charge in [0.05, 0.1) is 5.75 Å². The number of aromatic nitrogens is 1. The van der Waals surface area contributed by atoms with E-state index in [0.717, 1.165) is 0 Å². The van der Waals surface area contributed by atoms with Crippen molar-refractivity contribution in [2.75, 3.05) is 5.75 Å². The van der Waals surface area contributed by atoms with Crippen molar-refractivity contribution in [2.24, 2.45) is 5.92 Å². The van der Waals surface area contributed by atoms with Crippen LogP contribution in [0.15, 0.2) is 11.6 Å². The van der Waals surface area contributed by atoms with E-state index in [0.29, 0.717) is 5.01 Å². The summed E-state index contributed by atoms with van der Waals surface area (Å²) in [6, 6.07) is 0. The van der Waals surface area contributed by atoms with Crippen LogP contribution in [-0.2, 0) is 15.6 Å². The molecular formula is C8H13NO2S2. The first-order valence-electron chi connectivity index (χ1n) is 4.08. The standard InChI is InChI=1S/C8H13NO2S2/c1-7(2)5-13(10,11)6-8-9-3-4-12-8/h3-4,7H,5-6H2,1-2H3. The molecule has 0 aromatic carbocycles. The van der Waals surface area contributed by atoms with Crippen LogP contribution in [0, 0.1) is 5.92 Å². The third-order valence-corrected chi connectivity index (χ3v) is 4.26. The molecule has 1 aromatic heterocycles. The zero-order valence-electron chi connectivity index (χ0n) is 7.73. The molecule has 5 heteroatoms. The van der Waals surface area contributed by atoms with Crippen molar-refractivity contribution in [2.45, 2.75) is 19.6 Å². The Balaban J connectivity index is 2.63. The molecule has 0 atom stereocenters. The summed E-state index contributed by atoms with van der Waals surface area (Å²) in [7, 11) is -2.96. The Morgan fingerprint density at radius 1 is 1.54 bits per heavy atom. The summed E-state index contributed by atoms with van der Waals surface area (Å²) in [5, 5.41) is 2.47. The monoisotopic (exact) mass is 219 g/mol. The molecule has 1 heterocycles. The minimum absolute atomic E-state index is 0.0862.